The fourth-order valence-electron chi connectivity index (χ4n) is 2.30. The molecule has 0 spiro atoms. The maximum Gasteiger partial charge on any atom is 0.282 e. The average molecular weight is 379 g/mol. The van der Waals surface area contributed by atoms with E-state index in [0.29, 0.717) is 10.5 Å². The van der Waals surface area contributed by atoms with Gasteiger partial charge in [-0.05, 0) is 41.9 Å². The Balaban J connectivity index is 1.84. The van der Waals surface area contributed by atoms with Crippen LogP contribution in [0.2, 0.25) is 0 Å². The van der Waals surface area contributed by atoms with Gasteiger partial charge in [0, 0.05) is 26.2 Å². The third-order valence-corrected chi connectivity index (χ3v) is 4.75. The van der Waals surface area contributed by atoms with Crippen molar-refractivity contribution in [3.63, 3.8) is 0 Å². The number of aryl methyl sites for hydroxylation is 1. The van der Waals surface area contributed by atoms with Crippen molar-refractivity contribution in [1.29, 1.82) is 0 Å². The summed E-state index contributed by atoms with van der Waals surface area (Å²) in [6.07, 6.45) is 2.65. The highest BCUT2D eigenvalue weighted by Crippen LogP contribution is 2.16. The fourth-order valence-corrected chi connectivity index (χ4v) is 2.80. The lowest BCUT2D eigenvalue weighted by Crippen LogP contribution is -2.30. The number of nitrogens with zero attached hydrogens (tertiary/aromatic N) is 3. The minimum absolute atomic E-state index is 0.135. The highest BCUT2D eigenvalue weighted by molar-refractivity contribution is 9.10. The molecule has 1 aromatic carbocycles. The van der Waals surface area contributed by atoms with Gasteiger partial charge in [0.2, 0.25) is 0 Å². The maximum atomic E-state index is 11.8. The van der Waals surface area contributed by atoms with Crippen LogP contribution >= 0.6 is 15.9 Å². The molecule has 0 bridgehead atoms. The van der Waals surface area contributed by atoms with Gasteiger partial charge in [0.1, 0.15) is 4.47 Å². The third-order valence-electron chi connectivity index (χ3n) is 3.98. The summed E-state index contributed by atoms with van der Waals surface area (Å²) in [5.41, 5.74) is 1.92. The molecule has 0 aliphatic heterocycles. The Hall–Kier alpha value is -1.66. The molecule has 0 saturated carbocycles. The molecule has 0 amide bonds. The van der Waals surface area contributed by atoms with Gasteiger partial charge >= 0.3 is 0 Å². The van der Waals surface area contributed by atoms with Crippen LogP contribution in [-0.4, -0.2) is 34.3 Å². The Bertz CT molecular complexity index is 687. The van der Waals surface area contributed by atoms with E-state index in [9.17, 15) is 4.79 Å². The second-order valence-electron chi connectivity index (χ2n) is 5.77. The third kappa shape index (κ3) is 4.91. The molecule has 0 aliphatic carbocycles. The van der Waals surface area contributed by atoms with Gasteiger partial charge in [0.15, 0.2) is 0 Å². The van der Waals surface area contributed by atoms with Gasteiger partial charge in [-0.25, -0.2) is 4.68 Å². The zero-order chi connectivity index (χ0) is 16.8. The molecule has 1 atom stereocenters. The molecule has 0 radical (unpaired) electrons. The molecule has 2 rings (SSSR count). The first-order valence-corrected chi connectivity index (χ1v) is 8.48. The number of hydrogen-bond donors (Lipinski definition) is 1. The molecule has 23 heavy (non-hydrogen) atoms. The standard InChI is InChI=1S/C17H23BrN4O/c1-13(21(2)12-14-7-5-4-6-8-14)9-10-19-15-11-20-22(3)17(23)16(15)18/h4-8,11,13,19H,9-10,12H2,1-3H3. The number of hydrogen-bond acceptors (Lipinski definition) is 4. The second kappa shape index (κ2) is 8.26. The van der Waals surface area contributed by atoms with Crippen molar-refractivity contribution < 1.29 is 0 Å². The summed E-state index contributed by atoms with van der Waals surface area (Å²) < 4.78 is 1.84. The van der Waals surface area contributed by atoms with Crippen LogP contribution in [0.3, 0.4) is 0 Å². The van der Waals surface area contributed by atoms with Gasteiger partial charge in [-0.3, -0.25) is 9.69 Å². The van der Waals surface area contributed by atoms with E-state index in [1.54, 1.807) is 13.2 Å². The number of rotatable bonds is 7. The number of benzene rings is 1. The second-order valence-corrected chi connectivity index (χ2v) is 6.56. The molecular formula is C17H23BrN4O. The van der Waals surface area contributed by atoms with Crippen LogP contribution in [-0.2, 0) is 13.6 Å². The molecule has 1 aromatic heterocycles. The van der Waals surface area contributed by atoms with E-state index < -0.39 is 0 Å². The van der Waals surface area contributed by atoms with Crippen LogP contribution in [0, 0.1) is 0 Å². The Morgan fingerprint density at radius 1 is 1.35 bits per heavy atom. The molecule has 1 heterocycles. The van der Waals surface area contributed by atoms with Crippen LogP contribution in [0.5, 0.6) is 0 Å². The minimum atomic E-state index is -0.135. The largest absolute Gasteiger partial charge is 0.383 e. The van der Waals surface area contributed by atoms with Crippen molar-refractivity contribution in [3.8, 4) is 0 Å². The summed E-state index contributed by atoms with van der Waals surface area (Å²) in [4.78, 5) is 14.1. The smallest absolute Gasteiger partial charge is 0.282 e. The monoisotopic (exact) mass is 378 g/mol. The van der Waals surface area contributed by atoms with E-state index in [2.05, 4.69) is 69.5 Å². The summed E-state index contributed by atoms with van der Waals surface area (Å²) in [5, 5.41) is 7.31. The lowest BCUT2D eigenvalue weighted by atomic mass is 10.1. The van der Waals surface area contributed by atoms with Crippen molar-refractivity contribution in [1.82, 2.24) is 14.7 Å². The number of anilines is 1. The van der Waals surface area contributed by atoms with Crippen molar-refractivity contribution in [2.24, 2.45) is 7.05 Å². The average Bonchev–Trinajstić information content (AvgIpc) is 2.55. The molecular weight excluding hydrogens is 356 g/mol. The first kappa shape index (κ1) is 17.7. The molecule has 0 fully saturated rings. The highest BCUT2D eigenvalue weighted by atomic mass is 79.9. The summed E-state index contributed by atoms with van der Waals surface area (Å²) >= 11 is 3.33. The van der Waals surface area contributed by atoms with Gasteiger partial charge in [-0.2, -0.15) is 5.10 Å². The SMILES string of the molecule is CC(CCNc1cnn(C)c(=O)c1Br)N(C)Cc1ccccc1. The van der Waals surface area contributed by atoms with Crippen LogP contribution in [0.4, 0.5) is 5.69 Å². The molecule has 1 N–H and O–H groups in total. The molecule has 0 saturated heterocycles. The van der Waals surface area contributed by atoms with Crippen molar-refractivity contribution in [2.75, 3.05) is 18.9 Å². The van der Waals surface area contributed by atoms with Crippen LogP contribution in [0.1, 0.15) is 18.9 Å². The normalized spacial score (nSPS) is 12.4. The fraction of sp³-hybridized carbons (Fsp3) is 0.412. The Morgan fingerprint density at radius 2 is 2.04 bits per heavy atom. The number of halogens is 1. The molecule has 5 nitrogen and oxygen atoms in total. The first-order chi connectivity index (χ1) is 11.0. The van der Waals surface area contributed by atoms with Crippen molar-refractivity contribution in [3.05, 3.63) is 56.9 Å². The molecule has 124 valence electrons. The van der Waals surface area contributed by atoms with Crippen LogP contribution in [0.25, 0.3) is 0 Å². The lowest BCUT2D eigenvalue weighted by molar-refractivity contribution is 0.242. The Labute approximate surface area is 145 Å². The van der Waals surface area contributed by atoms with E-state index >= 15 is 0 Å². The van der Waals surface area contributed by atoms with Gasteiger partial charge in [0.25, 0.3) is 5.56 Å². The number of aromatic nitrogens is 2. The van der Waals surface area contributed by atoms with E-state index in [0.717, 1.165) is 25.2 Å². The summed E-state index contributed by atoms with van der Waals surface area (Å²) in [5.74, 6) is 0. The van der Waals surface area contributed by atoms with Gasteiger partial charge in [-0.1, -0.05) is 30.3 Å². The first-order valence-electron chi connectivity index (χ1n) is 7.69. The molecule has 1 unspecified atom stereocenters. The quantitative estimate of drug-likeness (QED) is 0.804. The van der Waals surface area contributed by atoms with Crippen molar-refractivity contribution in [2.45, 2.75) is 25.9 Å². The van der Waals surface area contributed by atoms with Crippen LogP contribution in [0.15, 0.2) is 45.8 Å². The minimum Gasteiger partial charge on any atom is -0.383 e. The van der Waals surface area contributed by atoms with Crippen molar-refractivity contribution >= 4 is 21.6 Å². The summed E-state index contributed by atoms with van der Waals surface area (Å²) in [7, 11) is 3.77. The zero-order valence-electron chi connectivity index (χ0n) is 13.8. The Kier molecular flexibility index (Phi) is 6.36. The maximum absolute atomic E-state index is 11.8. The van der Waals surface area contributed by atoms with Gasteiger partial charge in [0.05, 0.1) is 11.9 Å². The zero-order valence-corrected chi connectivity index (χ0v) is 15.4. The van der Waals surface area contributed by atoms with Gasteiger partial charge < -0.3 is 5.32 Å². The molecule has 6 heteroatoms. The molecule has 2 aromatic rings. The topological polar surface area (TPSA) is 50.2 Å². The van der Waals surface area contributed by atoms with E-state index in [4.69, 9.17) is 0 Å². The highest BCUT2D eigenvalue weighted by Gasteiger charge is 2.11. The van der Waals surface area contributed by atoms with E-state index in [1.807, 2.05) is 6.07 Å². The van der Waals surface area contributed by atoms with Gasteiger partial charge in [-0.15, -0.1) is 0 Å². The summed E-state index contributed by atoms with van der Waals surface area (Å²) in [6, 6.07) is 10.9. The summed E-state index contributed by atoms with van der Waals surface area (Å²) in [6.45, 7) is 3.93. The van der Waals surface area contributed by atoms with Crippen LogP contribution < -0.4 is 10.9 Å². The van der Waals surface area contributed by atoms with E-state index in [-0.39, 0.29) is 5.56 Å². The Morgan fingerprint density at radius 3 is 2.74 bits per heavy atom. The van der Waals surface area contributed by atoms with E-state index in [1.165, 1.54) is 10.2 Å². The lowest BCUT2D eigenvalue weighted by Gasteiger charge is -2.25. The molecule has 0 aliphatic rings. The number of nitrogens with one attached hydrogen (secondary N) is 1. The predicted octanol–water partition coefficient (Wildman–Crippen LogP) is 2.87. The predicted molar refractivity (Wildman–Crippen MR) is 97.7 cm³/mol.